The van der Waals surface area contributed by atoms with Crippen molar-refractivity contribution in [2.24, 2.45) is 0 Å². The molecule has 7 heteroatoms. The summed E-state index contributed by atoms with van der Waals surface area (Å²) in [5.74, 6) is 1.01. The molecule has 0 radical (unpaired) electrons. The second-order valence-corrected chi connectivity index (χ2v) is 7.76. The van der Waals surface area contributed by atoms with Gasteiger partial charge in [-0.05, 0) is 62.2 Å². The number of likely N-dealkylation sites (tertiary alicyclic amines) is 1. The number of methoxy groups -OCH3 is 1. The SMILES string of the molecule is COC(=O)c1ccc(-c2nc(CN3CCC[C@@H](OCc4cccnc4)C3)c(C)o2)cc1. The van der Waals surface area contributed by atoms with E-state index in [2.05, 4.69) is 9.88 Å². The largest absolute Gasteiger partial charge is 0.465 e. The smallest absolute Gasteiger partial charge is 0.337 e. The Morgan fingerprint density at radius 2 is 2.10 bits per heavy atom. The first-order chi connectivity index (χ1) is 15.1. The molecule has 0 aliphatic carbocycles. The van der Waals surface area contributed by atoms with Gasteiger partial charge in [0.05, 0.1) is 31.1 Å². The Balaban J connectivity index is 1.37. The van der Waals surface area contributed by atoms with E-state index >= 15 is 0 Å². The summed E-state index contributed by atoms with van der Waals surface area (Å²) in [5.41, 5.74) is 3.36. The number of carbonyl (C=O) groups excluding carboxylic acids is 1. The van der Waals surface area contributed by atoms with Crippen molar-refractivity contribution >= 4 is 5.97 Å². The highest BCUT2D eigenvalue weighted by atomic mass is 16.5. The number of ether oxygens (including phenoxy) is 2. The molecular weight excluding hydrogens is 394 g/mol. The maximum absolute atomic E-state index is 11.6. The third-order valence-electron chi connectivity index (χ3n) is 5.49. The van der Waals surface area contributed by atoms with Crippen LogP contribution in [0, 0.1) is 6.92 Å². The lowest BCUT2D eigenvalue weighted by molar-refractivity contribution is -0.0124. The number of pyridine rings is 1. The summed E-state index contributed by atoms with van der Waals surface area (Å²) in [6, 6.07) is 11.0. The van der Waals surface area contributed by atoms with Crippen LogP contribution in [0.4, 0.5) is 0 Å². The van der Waals surface area contributed by atoms with Crippen LogP contribution in [0.25, 0.3) is 11.5 Å². The van der Waals surface area contributed by atoms with Crippen molar-refractivity contribution in [2.45, 2.75) is 39.0 Å². The van der Waals surface area contributed by atoms with Crippen LogP contribution in [0.1, 0.15) is 40.2 Å². The van der Waals surface area contributed by atoms with Gasteiger partial charge >= 0.3 is 5.97 Å². The molecule has 2 aromatic heterocycles. The summed E-state index contributed by atoms with van der Waals surface area (Å²) < 4.78 is 16.8. The molecule has 0 amide bonds. The number of oxazole rings is 1. The van der Waals surface area contributed by atoms with Crippen LogP contribution >= 0.6 is 0 Å². The van der Waals surface area contributed by atoms with Crippen molar-refractivity contribution in [2.75, 3.05) is 20.2 Å². The van der Waals surface area contributed by atoms with Gasteiger partial charge in [0.2, 0.25) is 5.89 Å². The van der Waals surface area contributed by atoms with E-state index in [1.807, 2.05) is 37.4 Å². The normalized spacial score (nSPS) is 16.9. The molecule has 162 valence electrons. The zero-order valence-electron chi connectivity index (χ0n) is 17.9. The van der Waals surface area contributed by atoms with Gasteiger partial charge in [-0.15, -0.1) is 0 Å². The maximum atomic E-state index is 11.6. The van der Waals surface area contributed by atoms with Gasteiger partial charge in [0, 0.05) is 31.0 Å². The highest BCUT2D eigenvalue weighted by Gasteiger charge is 2.23. The van der Waals surface area contributed by atoms with Crippen molar-refractivity contribution in [3.8, 4) is 11.5 Å². The Labute approximate surface area is 182 Å². The highest BCUT2D eigenvalue weighted by Crippen LogP contribution is 2.24. The van der Waals surface area contributed by atoms with Crippen molar-refractivity contribution < 1.29 is 18.7 Å². The molecule has 1 aliphatic heterocycles. The van der Waals surface area contributed by atoms with Crippen LogP contribution in [0.3, 0.4) is 0 Å². The quantitative estimate of drug-likeness (QED) is 0.533. The number of aryl methyl sites for hydroxylation is 1. The van der Waals surface area contributed by atoms with Crippen LogP contribution in [0.2, 0.25) is 0 Å². The van der Waals surface area contributed by atoms with Gasteiger partial charge < -0.3 is 13.9 Å². The number of piperidine rings is 1. The average molecular weight is 421 g/mol. The molecule has 1 aromatic carbocycles. The summed E-state index contributed by atoms with van der Waals surface area (Å²) in [7, 11) is 1.37. The molecule has 0 bridgehead atoms. The fourth-order valence-electron chi connectivity index (χ4n) is 3.77. The van der Waals surface area contributed by atoms with E-state index in [0.717, 1.165) is 55.1 Å². The third-order valence-corrected chi connectivity index (χ3v) is 5.49. The number of carbonyl (C=O) groups is 1. The molecule has 7 nitrogen and oxygen atoms in total. The van der Waals surface area contributed by atoms with Crippen molar-refractivity contribution in [1.82, 2.24) is 14.9 Å². The van der Waals surface area contributed by atoms with Crippen LogP contribution in [0.5, 0.6) is 0 Å². The molecule has 1 aliphatic rings. The molecule has 1 atom stereocenters. The first kappa shape index (κ1) is 21.2. The Hall–Kier alpha value is -3.03. The molecule has 4 rings (SSSR count). The van der Waals surface area contributed by atoms with Gasteiger partial charge in [-0.2, -0.15) is 0 Å². The highest BCUT2D eigenvalue weighted by molar-refractivity contribution is 5.89. The first-order valence-electron chi connectivity index (χ1n) is 10.5. The summed E-state index contributed by atoms with van der Waals surface area (Å²) >= 11 is 0. The fourth-order valence-corrected chi connectivity index (χ4v) is 3.77. The minimum atomic E-state index is -0.360. The van der Waals surface area contributed by atoms with Gasteiger partial charge in [0.15, 0.2) is 0 Å². The van der Waals surface area contributed by atoms with Crippen molar-refractivity contribution in [1.29, 1.82) is 0 Å². The minimum Gasteiger partial charge on any atom is -0.465 e. The first-order valence-corrected chi connectivity index (χ1v) is 10.5. The van der Waals surface area contributed by atoms with Gasteiger partial charge in [-0.1, -0.05) is 6.07 Å². The number of hydrogen-bond acceptors (Lipinski definition) is 7. The molecular formula is C24H27N3O4. The van der Waals surface area contributed by atoms with E-state index in [0.29, 0.717) is 18.1 Å². The van der Waals surface area contributed by atoms with E-state index < -0.39 is 0 Å². The molecule has 0 spiro atoms. The van der Waals surface area contributed by atoms with Gasteiger partial charge in [-0.3, -0.25) is 9.88 Å². The van der Waals surface area contributed by atoms with Gasteiger partial charge in [-0.25, -0.2) is 9.78 Å². The summed E-state index contributed by atoms with van der Waals surface area (Å²) in [6.45, 7) is 5.14. The summed E-state index contributed by atoms with van der Waals surface area (Å²) in [6.07, 6.45) is 5.97. The van der Waals surface area contributed by atoms with E-state index in [1.165, 1.54) is 7.11 Å². The van der Waals surface area contributed by atoms with E-state index in [-0.39, 0.29) is 12.1 Å². The number of nitrogens with zero attached hydrogens (tertiary/aromatic N) is 3. The molecule has 0 N–H and O–H groups in total. The molecule has 1 saturated heterocycles. The van der Waals surface area contributed by atoms with Crippen molar-refractivity contribution in [3.05, 3.63) is 71.4 Å². The van der Waals surface area contributed by atoms with E-state index in [9.17, 15) is 4.79 Å². The summed E-state index contributed by atoms with van der Waals surface area (Å²) in [4.78, 5) is 22.8. The van der Waals surface area contributed by atoms with Crippen LogP contribution in [0.15, 0.2) is 53.2 Å². The number of benzene rings is 1. The lowest BCUT2D eigenvalue weighted by Gasteiger charge is -2.32. The standard InChI is InChI=1S/C24H27N3O4/c1-17-22(26-23(31-17)19-7-9-20(10-8-19)24(28)29-2)15-27-12-4-6-21(14-27)30-16-18-5-3-11-25-13-18/h3,5,7-11,13,21H,4,6,12,14-16H2,1-2H3/t21-/m1/s1. The monoisotopic (exact) mass is 421 g/mol. The molecule has 31 heavy (non-hydrogen) atoms. The Kier molecular flexibility index (Phi) is 6.74. The number of hydrogen-bond donors (Lipinski definition) is 0. The third kappa shape index (κ3) is 5.37. The van der Waals surface area contributed by atoms with Crippen LogP contribution in [-0.4, -0.2) is 47.1 Å². The molecule has 0 unspecified atom stereocenters. The maximum Gasteiger partial charge on any atom is 0.337 e. The number of esters is 1. The predicted octanol–water partition coefficient (Wildman–Crippen LogP) is 4.01. The van der Waals surface area contributed by atoms with Gasteiger partial charge in [0.1, 0.15) is 5.76 Å². The van der Waals surface area contributed by atoms with Crippen LogP contribution < -0.4 is 0 Å². The molecule has 1 fully saturated rings. The Bertz CT molecular complexity index is 1000. The minimum absolute atomic E-state index is 0.200. The number of rotatable bonds is 7. The summed E-state index contributed by atoms with van der Waals surface area (Å²) in [5, 5.41) is 0. The second-order valence-electron chi connectivity index (χ2n) is 7.76. The molecule has 0 saturated carbocycles. The van der Waals surface area contributed by atoms with E-state index in [4.69, 9.17) is 18.9 Å². The zero-order valence-corrected chi connectivity index (χ0v) is 17.9. The fraction of sp³-hybridized carbons (Fsp3) is 0.375. The number of aromatic nitrogens is 2. The Morgan fingerprint density at radius 3 is 2.84 bits per heavy atom. The Morgan fingerprint density at radius 1 is 1.26 bits per heavy atom. The van der Waals surface area contributed by atoms with Crippen LogP contribution in [-0.2, 0) is 22.6 Å². The topological polar surface area (TPSA) is 77.7 Å². The lowest BCUT2D eigenvalue weighted by Crippen LogP contribution is -2.39. The van der Waals surface area contributed by atoms with Gasteiger partial charge in [0.25, 0.3) is 0 Å². The second kappa shape index (κ2) is 9.85. The average Bonchev–Trinajstić information content (AvgIpc) is 3.18. The van der Waals surface area contributed by atoms with E-state index in [1.54, 1.807) is 18.3 Å². The predicted molar refractivity (Wildman–Crippen MR) is 115 cm³/mol. The molecule has 3 aromatic rings. The molecule has 3 heterocycles. The lowest BCUT2D eigenvalue weighted by atomic mass is 10.1. The zero-order chi connectivity index (χ0) is 21.6. The van der Waals surface area contributed by atoms with Crippen molar-refractivity contribution in [3.63, 3.8) is 0 Å².